The molecule has 1 fully saturated rings. The van der Waals surface area contributed by atoms with Gasteiger partial charge in [-0.25, -0.2) is 4.79 Å². The first-order valence-corrected chi connectivity index (χ1v) is 7.17. The normalized spacial score (nSPS) is 17.9. The molecule has 0 bridgehead atoms. The van der Waals surface area contributed by atoms with Gasteiger partial charge in [0.2, 0.25) is 5.91 Å². The molecule has 1 saturated carbocycles. The molecule has 0 aromatic heterocycles. The maximum atomic E-state index is 11.8. The number of ether oxygens (including phenoxy) is 1. The number of nitrogens with one attached hydrogen (secondary N) is 1. The number of carboxylic acids is 1. The molecule has 2 N–H and O–H groups in total. The minimum absolute atomic E-state index is 0.0302. The molecule has 19 heavy (non-hydrogen) atoms. The van der Waals surface area contributed by atoms with Gasteiger partial charge >= 0.3 is 5.97 Å². The van der Waals surface area contributed by atoms with E-state index in [1.54, 1.807) is 0 Å². The van der Waals surface area contributed by atoms with E-state index in [0.717, 1.165) is 6.42 Å². The molecule has 0 spiro atoms. The summed E-state index contributed by atoms with van der Waals surface area (Å²) in [6, 6.07) is 0. The van der Waals surface area contributed by atoms with Crippen LogP contribution in [0.1, 0.15) is 45.4 Å². The van der Waals surface area contributed by atoms with E-state index in [1.807, 2.05) is 6.92 Å². The van der Waals surface area contributed by atoms with Gasteiger partial charge in [-0.05, 0) is 12.3 Å². The third kappa shape index (κ3) is 7.15. The summed E-state index contributed by atoms with van der Waals surface area (Å²) in [5, 5.41) is 11.2. The predicted octanol–water partition coefficient (Wildman–Crippen LogP) is 1.81. The van der Waals surface area contributed by atoms with Crippen molar-refractivity contribution in [3.63, 3.8) is 0 Å². The molecule has 0 aromatic rings. The summed E-state index contributed by atoms with van der Waals surface area (Å²) in [5.74, 6) is -0.221. The Morgan fingerprint density at radius 1 is 1.32 bits per heavy atom. The number of rotatable bonds is 8. The molecule has 1 rings (SSSR count). The minimum Gasteiger partial charge on any atom is -0.480 e. The van der Waals surface area contributed by atoms with Crippen molar-refractivity contribution >= 4 is 11.9 Å². The van der Waals surface area contributed by atoms with E-state index in [1.165, 1.54) is 32.1 Å². The number of carbonyl (C=O) groups is 2. The summed E-state index contributed by atoms with van der Waals surface area (Å²) in [6.07, 6.45) is 7.38. The summed E-state index contributed by atoms with van der Waals surface area (Å²) >= 11 is 0. The van der Waals surface area contributed by atoms with Crippen LogP contribution in [0.15, 0.2) is 0 Å². The van der Waals surface area contributed by atoms with Crippen LogP contribution >= 0.6 is 0 Å². The van der Waals surface area contributed by atoms with Gasteiger partial charge in [0.15, 0.2) is 0 Å². The monoisotopic (exact) mass is 271 g/mol. The van der Waals surface area contributed by atoms with Gasteiger partial charge < -0.3 is 15.2 Å². The summed E-state index contributed by atoms with van der Waals surface area (Å²) < 4.78 is 4.86. The molecule has 1 atom stereocenters. The van der Waals surface area contributed by atoms with Gasteiger partial charge in [-0.2, -0.15) is 0 Å². The van der Waals surface area contributed by atoms with Crippen molar-refractivity contribution in [2.24, 2.45) is 11.8 Å². The second kappa shape index (κ2) is 8.91. The molecule has 0 heterocycles. The lowest BCUT2D eigenvalue weighted by molar-refractivity contribution is -0.142. The van der Waals surface area contributed by atoms with E-state index >= 15 is 0 Å². The molecule has 1 amide bonds. The van der Waals surface area contributed by atoms with Crippen LogP contribution in [0.4, 0.5) is 0 Å². The third-order valence-corrected chi connectivity index (χ3v) is 3.63. The molecule has 1 aliphatic rings. The quantitative estimate of drug-likeness (QED) is 0.660. The van der Waals surface area contributed by atoms with Crippen LogP contribution in [0.25, 0.3) is 0 Å². The van der Waals surface area contributed by atoms with Crippen molar-refractivity contribution < 1.29 is 19.4 Å². The predicted molar refractivity (Wildman–Crippen MR) is 71.8 cm³/mol. The van der Waals surface area contributed by atoms with Crippen molar-refractivity contribution in [2.75, 3.05) is 19.8 Å². The van der Waals surface area contributed by atoms with Crippen molar-refractivity contribution in [1.82, 2.24) is 5.32 Å². The van der Waals surface area contributed by atoms with Crippen LogP contribution in [-0.4, -0.2) is 36.7 Å². The summed E-state index contributed by atoms with van der Waals surface area (Å²) in [7, 11) is 0. The highest BCUT2D eigenvalue weighted by atomic mass is 16.5. The van der Waals surface area contributed by atoms with E-state index < -0.39 is 5.97 Å². The Hall–Kier alpha value is -1.10. The van der Waals surface area contributed by atoms with Crippen molar-refractivity contribution in [2.45, 2.75) is 45.4 Å². The molecule has 0 aromatic carbocycles. The number of carbonyl (C=O) groups excluding carboxylic acids is 1. The Bertz CT molecular complexity index is 287. The average molecular weight is 271 g/mol. The molecule has 0 saturated heterocycles. The van der Waals surface area contributed by atoms with Crippen molar-refractivity contribution in [3.8, 4) is 0 Å². The van der Waals surface area contributed by atoms with Gasteiger partial charge in [0, 0.05) is 12.5 Å². The zero-order valence-corrected chi connectivity index (χ0v) is 11.7. The van der Waals surface area contributed by atoms with Gasteiger partial charge in [0.1, 0.15) is 6.61 Å². The first-order chi connectivity index (χ1) is 9.09. The number of aliphatic carboxylic acids is 1. The molecule has 110 valence electrons. The Labute approximate surface area is 114 Å². The molecule has 1 aliphatic carbocycles. The Morgan fingerprint density at radius 3 is 2.63 bits per heavy atom. The summed E-state index contributed by atoms with van der Waals surface area (Å²) in [5.41, 5.74) is 0. The molecule has 0 radical (unpaired) electrons. The number of amides is 1. The van der Waals surface area contributed by atoms with Crippen LogP contribution in [0.2, 0.25) is 0 Å². The smallest absolute Gasteiger partial charge is 0.329 e. The van der Waals surface area contributed by atoms with Crippen LogP contribution in [0.3, 0.4) is 0 Å². The Morgan fingerprint density at radius 2 is 2.00 bits per heavy atom. The fourth-order valence-electron chi connectivity index (χ4n) is 2.61. The van der Waals surface area contributed by atoms with Gasteiger partial charge in [-0.1, -0.05) is 39.0 Å². The van der Waals surface area contributed by atoms with E-state index in [2.05, 4.69) is 5.32 Å². The Balaban J connectivity index is 2.08. The van der Waals surface area contributed by atoms with Gasteiger partial charge in [-0.15, -0.1) is 0 Å². The largest absolute Gasteiger partial charge is 0.480 e. The highest BCUT2D eigenvalue weighted by molar-refractivity contribution is 5.78. The van der Waals surface area contributed by atoms with Crippen molar-refractivity contribution in [3.05, 3.63) is 0 Å². The van der Waals surface area contributed by atoms with Gasteiger partial charge in [0.25, 0.3) is 0 Å². The second-order valence-corrected chi connectivity index (χ2v) is 5.38. The van der Waals surface area contributed by atoms with E-state index in [0.29, 0.717) is 12.5 Å². The fourth-order valence-corrected chi connectivity index (χ4v) is 2.61. The highest BCUT2D eigenvalue weighted by Gasteiger charge is 2.20. The van der Waals surface area contributed by atoms with E-state index in [9.17, 15) is 9.59 Å². The van der Waals surface area contributed by atoms with Crippen LogP contribution in [-0.2, 0) is 14.3 Å². The maximum Gasteiger partial charge on any atom is 0.329 e. The number of hydrogen-bond donors (Lipinski definition) is 2. The lowest BCUT2D eigenvalue weighted by atomic mass is 9.83. The molecular formula is C14H25NO4. The van der Waals surface area contributed by atoms with E-state index in [-0.39, 0.29) is 25.0 Å². The lowest BCUT2D eigenvalue weighted by Crippen LogP contribution is -2.33. The summed E-state index contributed by atoms with van der Waals surface area (Å²) in [4.78, 5) is 22.0. The molecule has 5 nitrogen and oxygen atoms in total. The fraction of sp³-hybridized carbons (Fsp3) is 0.857. The molecule has 1 unspecified atom stereocenters. The minimum atomic E-state index is -0.989. The Kier molecular flexibility index (Phi) is 7.48. The highest BCUT2D eigenvalue weighted by Crippen LogP contribution is 2.28. The summed E-state index contributed by atoms with van der Waals surface area (Å²) in [6.45, 7) is 2.27. The van der Waals surface area contributed by atoms with Crippen LogP contribution in [0.5, 0.6) is 0 Å². The number of hydrogen-bond acceptors (Lipinski definition) is 3. The topological polar surface area (TPSA) is 75.6 Å². The van der Waals surface area contributed by atoms with Crippen molar-refractivity contribution in [1.29, 1.82) is 0 Å². The first kappa shape index (κ1) is 16.0. The standard InChI is InChI=1S/C14H25NO4/c1-11(9-12-5-3-2-4-6-12)14(18)15-7-8-19-10-13(16)17/h11-12H,2-10H2,1H3,(H,15,18)(H,16,17). The lowest BCUT2D eigenvalue weighted by Gasteiger charge is -2.24. The molecule has 5 heteroatoms. The number of carboxylic acid groups (broad SMARTS) is 1. The maximum absolute atomic E-state index is 11.8. The SMILES string of the molecule is CC(CC1CCCCC1)C(=O)NCCOCC(=O)O. The third-order valence-electron chi connectivity index (χ3n) is 3.63. The van der Waals surface area contributed by atoms with Crippen LogP contribution in [0, 0.1) is 11.8 Å². The molecule has 0 aliphatic heterocycles. The average Bonchev–Trinajstić information content (AvgIpc) is 2.38. The van der Waals surface area contributed by atoms with E-state index in [4.69, 9.17) is 9.84 Å². The first-order valence-electron chi connectivity index (χ1n) is 7.17. The van der Waals surface area contributed by atoms with Crippen LogP contribution < -0.4 is 5.32 Å². The van der Waals surface area contributed by atoms with Gasteiger partial charge in [0.05, 0.1) is 6.61 Å². The second-order valence-electron chi connectivity index (χ2n) is 5.38. The zero-order chi connectivity index (χ0) is 14.1. The molecular weight excluding hydrogens is 246 g/mol. The zero-order valence-electron chi connectivity index (χ0n) is 11.7. The van der Waals surface area contributed by atoms with Gasteiger partial charge in [-0.3, -0.25) is 4.79 Å².